The number of nitro groups is 1. The van der Waals surface area contributed by atoms with Crippen molar-refractivity contribution in [3.05, 3.63) is 63.2 Å². The van der Waals surface area contributed by atoms with Gasteiger partial charge in [-0.3, -0.25) is 15.1 Å². The Hall–Kier alpha value is -2.40. The Balaban J connectivity index is 2.24. The standard InChI is InChI=1S/C15H13ClN2O3/c1-2-21-15-8-3-12(16)9-11(15)10-17-13-4-6-14(7-5-13)18(19)20/h3-10H,2H2,1H3. The predicted molar refractivity (Wildman–Crippen MR) is 83.0 cm³/mol. The number of rotatable bonds is 5. The van der Waals surface area contributed by atoms with Gasteiger partial charge < -0.3 is 4.74 Å². The van der Waals surface area contributed by atoms with E-state index >= 15 is 0 Å². The number of non-ortho nitro benzene ring substituents is 1. The molecule has 0 fully saturated rings. The number of ether oxygens (including phenoxy) is 1. The first-order valence-electron chi connectivity index (χ1n) is 6.31. The first kappa shape index (κ1) is 15.0. The third-order valence-electron chi connectivity index (χ3n) is 2.68. The lowest BCUT2D eigenvalue weighted by Gasteiger charge is -2.06. The average Bonchev–Trinajstić information content (AvgIpc) is 2.48. The summed E-state index contributed by atoms with van der Waals surface area (Å²) in [7, 11) is 0. The van der Waals surface area contributed by atoms with E-state index in [1.165, 1.54) is 12.1 Å². The maximum atomic E-state index is 10.6. The summed E-state index contributed by atoms with van der Waals surface area (Å²) in [5.41, 5.74) is 1.40. The van der Waals surface area contributed by atoms with Crippen molar-refractivity contribution >= 4 is 29.2 Å². The van der Waals surface area contributed by atoms with Crippen LogP contribution in [0.4, 0.5) is 11.4 Å². The third kappa shape index (κ3) is 4.03. The maximum Gasteiger partial charge on any atom is 0.269 e. The van der Waals surface area contributed by atoms with Crippen molar-refractivity contribution in [1.29, 1.82) is 0 Å². The van der Waals surface area contributed by atoms with Gasteiger partial charge in [-0.25, -0.2) is 0 Å². The highest BCUT2D eigenvalue weighted by atomic mass is 35.5. The summed E-state index contributed by atoms with van der Waals surface area (Å²) >= 11 is 5.96. The van der Waals surface area contributed by atoms with Crippen LogP contribution in [0, 0.1) is 10.1 Å². The molecule has 0 bridgehead atoms. The summed E-state index contributed by atoms with van der Waals surface area (Å²) in [5, 5.41) is 11.2. The Labute approximate surface area is 127 Å². The van der Waals surface area contributed by atoms with Gasteiger partial charge in [0.15, 0.2) is 0 Å². The molecule has 5 nitrogen and oxygen atoms in total. The second-order valence-electron chi connectivity index (χ2n) is 4.15. The molecule has 0 aliphatic heterocycles. The van der Waals surface area contributed by atoms with Crippen LogP contribution >= 0.6 is 11.6 Å². The van der Waals surface area contributed by atoms with E-state index in [9.17, 15) is 10.1 Å². The van der Waals surface area contributed by atoms with E-state index in [0.29, 0.717) is 23.1 Å². The molecule has 0 spiro atoms. The molecule has 0 heterocycles. The largest absolute Gasteiger partial charge is 0.493 e. The zero-order valence-electron chi connectivity index (χ0n) is 11.3. The van der Waals surface area contributed by atoms with Gasteiger partial charge in [0.05, 0.1) is 17.2 Å². The fraction of sp³-hybridized carbons (Fsp3) is 0.133. The van der Waals surface area contributed by atoms with Gasteiger partial charge in [0.1, 0.15) is 5.75 Å². The number of halogens is 1. The van der Waals surface area contributed by atoms with E-state index in [4.69, 9.17) is 16.3 Å². The zero-order chi connectivity index (χ0) is 15.2. The minimum atomic E-state index is -0.447. The Kier molecular flexibility index (Phi) is 4.90. The van der Waals surface area contributed by atoms with Gasteiger partial charge in [-0.15, -0.1) is 0 Å². The molecule has 0 atom stereocenters. The van der Waals surface area contributed by atoms with Crippen molar-refractivity contribution in [1.82, 2.24) is 0 Å². The molecule has 0 aliphatic carbocycles. The topological polar surface area (TPSA) is 64.7 Å². The summed E-state index contributed by atoms with van der Waals surface area (Å²) in [6, 6.07) is 11.3. The van der Waals surface area contributed by atoms with Gasteiger partial charge in [0.2, 0.25) is 0 Å². The Morgan fingerprint density at radius 3 is 2.62 bits per heavy atom. The molecule has 0 aliphatic rings. The molecule has 0 saturated carbocycles. The number of nitrogens with zero attached hydrogens (tertiary/aromatic N) is 2. The van der Waals surface area contributed by atoms with Gasteiger partial charge in [0, 0.05) is 28.9 Å². The van der Waals surface area contributed by atoms with Crippen molar-refractivity contribution in [3.63, 3.8) is 0 Å². The van der Waals surface area contributed by atoms with Crippen molar-refractivity contribution in [2.45, 2.75) is 6.92 Å². The monoisotopic (exact) mass is 304 g/mol. The molecule has 0 aromatic heterocycles. The molecule has 6 heteroatoms. The van der Waals surface area contributed by atoms with Crippen LogP contribution in [0.2, 0.25) is 5.02 Å². The normalized spacial score (nSPS) is 10.8. The van der Waals surface area contributed by atoms with Crippen LogP contribution in [0.1, 0.15) is 12.5 Å². The summed E-state index contributed by atoms with van der Waals surface area (Å²) in [6.45, 7) is 2.44. The SMILES string of the molecule is CCOc1ccc(Cl)cc1C=Nc1ccc([N+](=O)[O-])cc1. The molecule has 2 aromatic carbocycles. The summed E-state index contributed by atoms with van der Waals surface area (Å²) in [4.78, 5) is 14.4. The van der Waals surface area contributed by atoms with E-state index in [1.807, 2.05) is 6.92 Å². The van der Waals surface area contributed by atoms with E-state index in [2.05, 4.69) is 4.99 Å². The molecule has 2 rings (SSSR count). The number of hydrogen-bond acceptors (Lipinski definition) is 4. The Morgan fingerprint density at radius 1 is 1.29 bits per heavy atom. The lowest BCUT2D eigenvalue weighted by molar-refractivity contribution is -0.384. The highest BCUT2D eigenvalue weighted by Gasteiger charge is 2.04. The first-order valence-corrected chi connectivity index (χ1v) is 6.69. The average molecular weight is 305 g/mol. The third-order valence-corrected chi connectivity index (χ3v) is 2.92. The van der Waals surface area contributed by atoms with Gasteiger partial charge in [-0.1, -0.05) is 11.6 Å². The molecular formula is C15H13ClN2O3. The summed E-state index contributed by atoms with van der Waals surface area (Å²) < 4.78 is 5.49. The Morgan fingerprint density at radius 2 is 2.00 bits per heavy atom. The van der Waals surface area contributed by atoms with Crippen molar-refractivity contribution in [3.8, 4) is 5.75 Å². The van der Waals surface area contributed by atoms with Crippen LogP contribution in [0.25, 0.3) is 0 Å². The summed E-state index contributed by atoms with van der Waals surface area (Å²) in [6.07, 6.45) is 1.62. The lowest BCUT2D eigenvalue weighted by atomic mass is 10.2. The lowest BCUT2D eigenvalue weighted by Crippen LogP contribution is -1.95. The number of nitro benzene ring substituents is 1. The second kappa shape index (κ2) is 6.85. The molecule has 2 aromatic rings. The minimum Gasteiger partial charge on any atom is -0.493 e. The molecule has 0 unspecified atom stereocenters. The van der Waals surface area contributed by atoms with Gasteiger partial charge >= 0.3 is 0 Å². The van der Waals surface area contributed by atoms with E-state index in [1.54, 1.807) is 36.5 Å². The summed E-state index contributed by atoms with van der Waals surface area (Å²) in [5.74, 6) is 0.688. The highest BCUT2D eigenvalue weighted by molar-refractivity contribution is 6.30. The van der Waals surface area contributed by atoms with E-state index < -0.39 is 4.92 Å². The quantitative estimate of drug-likeness (QED) is 0.467. The first-order chi connectivity index (χ1) is 10.1. The fourth-order valence-corrected chi connectivity index (χ4v) is 1.89. The van der Waals surface area contributed by atoms with E-state index in [0.717, 1.165) is 5.56 Å². The van der Waals surface area contributed by atoms with Crippen LogP contribution in [0.15, 0.2) is 47.5 Å². The maximum absolute atomic E-state index is 10.6. The molecule has 0 amide bonds. The smallest absolute Gasteiger partial charge is 0.269 e. The number of benzene rings is 2. The van der Waals surface area contributed by atoms with Gasteiger partial charge in [-0.2, -0.15) is 0 Å². The van der Waals surface area contributed by atoms with Gasteiger partial charge in [0.25, 0.3) is 5.69 Å². The van der Waals surface area contributed by atoms with Gasteiger partial charge in [-0.05, 0) is 37.3 Å². The predicted octanol–water partition coefficient (Wildman–Crippen LogP) is 4.40. The molecule has 0 saturated heterocycles. The molecule has 0 radical (unpaired) electrons. The Bertz CT molecular complexity index is 669. The number of aliphatic imine (C=N–C) groups is 1. The zero-order valence-corrected chi connectivity index (χ0v) is 12.1. The molecular weight excluding hydrogens is 292 g/mol. The van der Waals surface area contributed by atoms with Crippen LogP contribution in [-0.2, 0) is 0 Å². The van der Waals surface area contributed by atoms with Crippen LogP contribution in [0.5, 0.6) is 5.75 Å². The van der Waals surface area contributed by atoms with E-state index in [-0.39, 0.29) is 5.69 Å². The fourth-order valence-electron chi connectivity index (χ4n) is 1.71. The molecule has 108 valence electrons. The minimum absolute atomic E-state index is 0.0340. The molecule has 0 N–H and O–H groups in total. The van der Waals surface area contributed by atoms with Crippen molar-refractivity contribution < 1.29 is 9.66 Å². The molecule has 21 heavy (non-hydrogen) atoms. The number of hydrogen-bond donors (Lipinski definition) is 0. The van der Waals surface area contributed by atoms with Crippen LogP contribution in [-0.4, -0.2) is 17.7 Å². The van der Waals surface area contributed by atoms with Crippen LogP contribution < -0.4 is 4.74 Å². The van der Waals surface area contributed by atoms with Crippen molar-refractivity contribution in [2.75, 3.05) is 6.61 Å². The van der Waals surface area contributed by atoms with Crippen molar-refractivity contribution in [2.24, 2.45) is 4.99 Å². The highest BCUT2D eigenvalue weighted by Crippen LogP contribution is 2.23. The second-order valence-corrected chi connectivity index (χ2v) is 4.58. The van der Waals surface area contributed by atoms with Crippen LogP contribution in [0.3, 0.4) is 0 Å².